The molecule has 5 heteroatoms. The highest BCUT2D eigenvalue weighted by Gasteiger charge is 2.03. The van der Waals surface area contributed by atoms with E-state index in [1.54, 1.807) is 24.4 Å². The number of halogens is 2. The second-order valence-corrected chi connectivity index (χ2v) is 4.42. The average Bonchev–Trinajstić information content (AvgIpc) is 2.40. The molecule has 1 N–H and O–H groups in total. The van der Waals surface area contributed by atoms with Crippen LogP contribution in [0.5, 0.6) is 0 Å². The molecule has 1 heterocycles. The highest BCUT2D eigenvalue weighted by molar-refractivity contribution is 6.42. The first kappa shape index (κ1) is 12.7. The van der Waals surface area contributed by atoms with E-state index in [1.165, 1.54) is 0 Å². The maximum Gasteiger partial charge on any atom is 0.145 e. The maximum absolute atomic E-state index is 8.92. The molecule has 0 spiro atoms. The molecule has 1 aromatic heterocycles. The molecule has 0 saturated heterocycles. The maximum atomic E-state index is 8.92. The van der Waals surface area contributed by atoms with Crippen LogP contribution in [-0.4, -0.2) is 4.98 Å². The van der Waals surface area contributed by atoms with E-state index in [-0.39, 0.29) is 0 Å². The van der Waals surface area contributed by atoms with Crippen LogP contribution in [0, 0.1) is 11.3 Å². The molecule has 0 aliphatic rings. The van der Waals surface area contributed by atoms with Crippen molar-refractivity contribution in [2.45, 2.75) is 6.54 Å². The number of rotatable bonds is 3. The first-order chi connectivity index (χ1) is 8.70. The number of nitriles is 1. The Kier molecular flexibility index (Phi) is 4.03. The van der Waals surface area contributed by atoms with Crippen LogP contribution in [0.3, 0.4) is 0 Å². The Morgan fingerprint density at radius 2 is 2.06 bits per heavy atom. The van der Waals surface area contributed by atoms with Crippen LogP contribution in [0.15, 0.2) is 36.5 Å². The number of aromatic nitrogens is 1. The second kappa shape index (κ2) is 5.72. The van der Waals surface area contributed by atoms with Gasteiger partial charge >= 0.3 is 0 Å². The molecular weight excluding hydrogens is 269 g/mol. The Morgan fingerprint density at radius 3 is 2.78 bits per heavy atom. The molecule has 90 valence electrons. The lowest BCUT2D eigenvalue weighted by atomic mass is 10.2. The summed E-state index contributed by atoms with van der Waals surface area (Å²) >= 11 is 11.8. The van der Waals surface area contributed by atoms with Crippen LogP contribution in [0.1, 0.15) is 11.3 Å². The summed E-state index contributed by atoms with van der Waals surface area (Å²) in [5.74, 6) is 0. The number of benzene rings is 1. The van der Waals surface area contributed by atoms with Crippen LogP contribution in [-0.2, 0) is 6.54 Å². The standard InChI is InChI=1S/C13H9Cl2N3/c14-11-4-3-10(6-12(11)15)18-8-9-2-1-5-17-13(9)7-16/h1-6,18H,8H2. The van der Waals surface area contributed by atoms with Gasteiger partial charge in [-0.3, -0.25) is 0 Å². The molecule has 0 amide bonds. The molecule has 0 fully saturated rings. The minimum Gasteiger partial charge on any atom is -0.381 e. The predicted octanol–water partition coefficient (Wildman–Crippen LogP) is 3.87. The van der Waals surface area contributed by atoms with Crippen molar-refractivity contribution in [3.63, 3.8) is 0 Å². The van der Waals surface area contributed by atoms with E-state index >= 15 is 0 Å². The van der Waals surface area contributed by atoms with Crippen LogP contribution >= 0.6 is 23.2 Å². The summed E-state index contributed by atoms with van der Waals surface area (Å²) in [6.45, 7) is 0.509. The first-order valence-corrected chi connectivity index (χ1v) is 5.99. The highest BCUT2D eigenvalue weighted by Crippen LogP contribution is 2.25. The summed E-state index contributed by atoms with van der Waals surface area (Å²) in [5, 5.41) is 13.1. The van der Waals surface area contributed by atoms with E-state index in [0.717, 1.165) is 11.3 Å². The zero-order valence-electron chi connectivity index (χ0n) is 9.32. The third-order valence-electron chi connectivity index (χ3n) is 2.40. The highest BCUT2D eigenvalue weighted by atomic mass is 35.5. The molecular formula is C13H9Cl2N3. The molecule has 0 saturated carbocycles. The molecule has 0 bridgehead atoms. The molecule has 2 rings (SSSR count). The van der Waals surface area contributed by atoms with E-state index in [9.17, 15) is 0 Å². The largest absolute Gasteiger partial charge is 0.381 e. The van der Waals surface area contributed by atoms with Gasteiger partial charge in [0.15, 0.2) is 0 Å². The monoisotopic (exact) mass is 277 g/mol. The van der Waals surface area contributed by atoms with Crippen molar-refractivity contribution in [2.75, 3.05) is 5.32 Å². The fraction of sp³-hybridized carbons (Fsp3) is 0.0769. The van der Waals surface area contributed by atoms with Gasteiger partial charge in [0.25, 0.3) is 0 Å². The predicted molar refractivity (Wildman–Crippen MR) is 72.7 cm³/mol. The molecule has 0 aliphatic heterocycles. The van der Waals surface area contributed by atoms with E-state index in [0.29, 0.717) is 22.3 Å². The molecule has 0 unspecified atom stereocenters. The van der Waals surface area contributed by atoms with Crippen molar-refractivity contribution < 1.29 is 0 Å². The lowest BCUT2D eigenvalue weighted by Gasteiger charge is -2.08. The van der Waals surface area contributed by atoms with Crippen molar-refractivity contribution in [2.24, 2.45) is 0 Å². The van der Waals surface area contributed by atoms with Crippen LogP contribution in [0.2, 0.25) is 10.0 Å². The van der Waals surface area contributed by atoms with Gasteiger partial charge in [-0.1, -0.05) is 29.3 Å². The Morgan fingerprint density at radius 1 is 1.22 bits per heavy atom. The lowest BCUT2D eigenvalue weighted by Crippen LogP contribution is -2.02. The third-order valence-corrected chi connectivity index (χ3v) is 3.14. The molecule has 2 aromatic rings. The quantitative estimate of drug-likeness (QED) is 0.927. The molecule has 0 aliphatic carbocycles. The zero-order chi connectivity index (χ0) is 13.0. The lowest BCUT2D eigenvalue weighted by molar-refractivity contribution is 1.09. The molecule has 0 radical (unpaired) electrons. The van der Waals surface area contributed by atoms with E-state index < -0.39 is 0 Å². The summed E-state index contributed by atoms with van der Waals surface area (Å²) in [7, 11) is 0. The van der Waals surface area contributed by atoms with Gasteiger partial charge in [0.2, 0.25) is 0 Å². The molecule has 0 atom stereocenters. The van der Waals surface area contributed by atoms with E-state index in [2.05, 4.69) is 16.4 Å². The fourth-order valence-electron chi connectivity index (χ4n) is 1.49. The molecule has 18 heavy (non-hydrogen) atoms. The minimum atomic E-state index is 0.421. The molecule has 1 aromatic carbocycles. The van der Waals surface area contributed by atoms with Crippen LogP contribution in [0.4, 0.5) is 5.69 Å². The van der Waals surface area contributed by atoms with Gasteiger partial charge in [-0.2, -0.15) is 5.26 Å². The number of anilines is 1. The van der Waals surface area contributed by atoms with E-state index in [4.69, 9.17) is 28.5 Å². The zero-order valence-corrected chi connectivity index (χ0v) is 10.8. The van der Waals surface area contributed by atoms with Crippen LogP contribution in [0.25, 0.3) is 0 Å². The Labute approximate surface area is 115 Å². The van der Waals surface area contributed by atoms with Gasteiger partial charge in [0.1, 0.15) is 11.8 Å². The van der Waals surface area contributed by atoms with Gasteiger partial charge < -0.3 is 5.32 Å². The number of pyridine rings is 1. The summed E-state index contributed by atoms with van der Waals surface area (Å²) in [4.78, 5) is 3.99. The van der Waals surface area contributed by atoms with Crippen molar-refractivity contribution in [3.05, 3.63) is 57.8 Å². The van der Waals surface area contributed by atoms with Crippen molar-refractivity contribution >= 4 is 28.9 Å². The van der Waals surface area contributed by atoms with Gasteiger partial charge in [-0.05, 0) is 24.3 Å². The normalized spacial score (nSPS) is 9.83. The minimum absolute atomic E-state index is 0.421. The van der Waals surface area contributed by atoms with Crippen LogP contribution < -0.4 is 5.32 Å². The Bertz CT molecular complexity index is 605. The van der Waals surface area contributed by atoms with Crippen molar-refractivity contribution in [1.82, 2.24) is 4.98 Å². The smallest absolute Gasteiger partial charge is 0.145 e. The van der Waals surface area contributed by atoms with Gasteiger partial charge in [0, 0.05) is 24.0 Å². The number of hydrogen-bond donors (Lipinski definition) is 1. The summed E-state index contributed by atoms with van der Waals surface area (Å²) < 4.78 is 0. The van der Waals surface area contributed by atoms with Crippen molar-refractivity contribution in [3.8, 4) is 6.07 Å². The van der Waals surface area contributed by atoms with Gasteiger partial charge in [-0.15, -0.1) is 0 Å². The Balaban J connectivity index is 2.12. The summed E-state index contributed by atoms with van der Waals surface area (Å²) in [6, 6.07) is 11.0. The number of hydrogen-bond acceptors (Lipinski definition) is 3. The molecule has 3 nitrogen and oxygen atoms in total. The number of nitrogens with zero attached hydrogens (tertiary/aromatic N) is 2. The summed E-state index contributed by atoms with van der Waals surface area (Å²) in [6.07, 6.45) is 1.60. The van der Waals surface area contributed by atoms with Gasteiger partial charge in [-0.25, -0.2) is 4.98 Å². The average molecular weight is 278 g/mol. The first-order valence-electron chi connectivity index (χ1n) is 5.23. The topological polar surface area (TPSA) is 48.7 Å². The van der Waals surface area contributed by atoms with Crippen molar-refractivity contribution in [1.29, 1.82) is 5.26 Å². The number of nitrogens with one attached hydrogen (secondary N) is 1. The summed E-state index contributed by atoms with van der Waals surface area (Å²) in [5.41, 5.74) is 2.10. The fourth-order valence-corrected chi connectivity index (χ4v) is 1.78. The van der Waals surface area contributed by atoms with E-state index in [1.807, 2.05) is 12.1 Å². The SMILES string of the molecule is N#Cc1ncccc1CNc1ccc(Cl)c(Cl)c1. The Hall–Kier alpha value is -1.76. The third kappa shape index (κ3) is 2.92. The van der Waals surface area contributed by atoms with Gasteiger partial charge in [0.05, 0.1) is 10.0 Å². The second-order valence-electron chi connectivity index (χ2n) is 3.61.